The number of aliphatic carboxylic acids is 3. The summed E-state index contributed by atoms with van der Waals surface area (Å²) in [6.45, 7) is 0.275. The molecule has 26 nitrogen and oxygen atoms in total. The lowest BCUT2D eigenvalue weighted by Crippen LogP contribution is -2.65. The van der Waals surface area contributed by atoms with Crippen LogP contribution in [0.4, 0.5) is 11.4 Å². The highest BCUT2D eigenvalue weighted by Crippen LogP contribution is 2.22. The maximum absolute atomic E-state index is 14.0. The minimum absolute atomic E-state index is 0.00440. The van der Waals surface area contributed by atoms with E-state index in [1.54, 1.807) is 12.1 Å². The van der Waals surface area contributed by atoms with Gasteiger partial charge in [0, 0.05) is 48.4 Å². The lowest BCUT2D eigenvalue weighted by Gasteiger charge is -2.41. The first-order chi connectivity index (χ1) is 31.0. The topological polar surface area (TPSA) is 394 Å². The largest absolute Gasteiger partial charge is 0.481 e. The number of carboxylic acid groups (broad SMARTS) is 3. The van der Waals surface area contributed by atoms with Crippen molar-refractivity contribution in [3.63, 3.8) is 0 Å². The van der Waals surface area contributed by atoms with Gasteiger partial charge in [0.1, 0.15) is 12.1 Å². The molecule has 13 N–H and O–H groups in total. The molecular weight excluding hydrogens is 857 g/mol. The Morgan fingerprint density at radius 2 is 1.14 bits per heavy atom. The molecule has 0 saturated carbocycles. The van der Waals surface area contributed by atoms with E-state index in [4.69, 9.17) is 16.6 Å². The van der Waals surface area contributed by atoms with Crippen molar-refractivity contribution < 1.29 is 58.5 Å². The number of guanidine groups is 2. The van der Waals surface area contributed by atoms with Gasteiger partial charge in [-0.3, -0.25) is 54.2 Å². The Kier molecular flexibility index (Phi) is 14.3. The van der Waals surface area contributed by atoms with Crippen molar-refractivity contribution in [2.45, 2.75) is 61.9 Å². The number of carbonyl (C=O) groups is 9. The van der Waals surface area contributed by atoms with Crippen molar-refractivity contribution in [2.24, 2.45) is 31.4 Å². The minimum Gasteiger partial charge on any atom is -0.481 e. The number of amides is 6. The third kappa shape index (κ3) is 11.1. The number of nitrogens with two attached hydrogens (primary N) is 2. The number of aliphatic imine (C=N–C) groups is 4. The maximum atomic E-state index is 14.0. The highest BCUT2D eigenvalue weighted by atomic mass is 16.4. The van der Waals surface area contributed by atoms with E-state index in [2.05, 4.69) is 51.9 Å². The first kappa shape index (κ1) is 46.1. The molecule has 0 radical (unpaired) electrons. The van der Waals surface area contributed by atoms with E-state index in [-0.39, 0.29) is 73.7 Å². The Balaban J connectivity index is 1.06. The summed E-state index contributed by atoms with van der Waals surface area (Å²) >= 11 is 0. The fourth-order valence-corrected chi connectivity index (χ4v) is 7.25. The van der Waals surface area contributed by atoms with Crippen LogP contribution < -0.4 is 43.4 Å². The second-order valence-electron chi connectivity index (χ2n) is 15.0. The van der Waals surface area contributed by atoms with Gasteiger partial charge in [-0.2, -0.15) is 9.98 Å². The molecule has 6 atom stereocenters. The fourth-order valence-electron chi connectivity index (χ4n) is 7.25. The van der Waals surface area contributed by atoms with Gasteiger partial charge in [-0.1, -0.05) is 0 Å². The number of benzene rings is 2. The number of hydrogen-bond acceptors (Lipinski definition) is 17. The molecule has 4 aliphatic rings. The summed E-state index contributed by atoms with van der Waals surface area (Å²) in [6, 6.07) is 5.13. The molecule has 6 rings (SSSR count). The molecule has 0 bridgehead atoms. The SMILES string of the molecule is NC1=NC2=NCC(CNc3ccc(C(=O)N[C@@H](CCC(=O)N4C(CNc5ccc(C(=O)N[C@@H](CCC(=O)O)C(=O)O)cc5)CN=C5N=C(N)NC(=O)C54)C(=O)O)cc3)N(C=O)C2C(=O)N1. The van der Waals surface area contributed by atoms with Crippen LogP contribution in [0.1, 0.15) is 46.4 Å². The zero-order valence-electron chi connectivity index (χ0n) is 34.2. The van der Waals surface area contributed by atoms with Gasteiger partial charge in [0.15, 0.2) is 23.8 Å². The van der Waals surface area contributed by atoms with Crippen LogP contribution in [0.25, 0.3) is 0 Å². The smallest absolute Gasteiger partial charge is 0.326 e. The van der Waals surface area contributed by atoms with Gasteiger partial charge >= 0.3 is 17.9 Å². The highest BCUT2D eigenvalue weighted by Gasteiger charge is 2.44. The Morgan fingerprint density at radius 1 is 0.692 bits per heavy atom. The number of hydrogen-bond donors (Lipinski definition) is 11. The van der Waals surface area contributed by atoms with Crippen LogP contribution in [0.3, 0.4) is 0 Å². The van der Waals surface area contributed by atoms with Gasteiger partial charge in [0.2, 0.25) is 24.2 Å². The van der Waals surface area contributed by atoms with E-state index in [1.165, 1.54) is 46.2 Å². The number of fused-ring (bicyclic) bond motifs is 2. The van der Waals surface area contributed by atoms with E-state index in [9.17, 15) is 53.4 Å². The number of carbonyl (C=O) groups excluding carboxylic acids is 6. The van der Waals surface area contributed by atoms with Crippen LogP contribution in [0.5, 0.6) is 0 Å². The Hall–Kier alpha value is -8.45. The van der Waals surface area contributed by atoms with Gasteiger partial charge < -0.3 is 57.9 Å². The monoisotopic (exact) mass is 900 g/mol. The molecule has 4 unspecified atom stereocenters. The Morgan fingerprint density at radius 3 is 1.62 bits per heavy atom. The summed E-state index contributed by atoms with van der Waals surface area (Å²) in [4.78, 5) is 132. The third-order valence-corrected chi connectivity index (χ3v) is 10.6. The van der Waals surface area contributed by atoms with Crippen molar-refractivity contribution in [1.29, 1.82) is 0 Å². The fraction of sp³-hybridized carbons (Fsp3) is 0.359. The molecule has 0 fully saturated rings. The summed E-state index contributed by atoms with van der Waals surface area (Å²) in [5, 5.41) is 44.0. The van der Waals surface area contributed by atoms with Crippen LogP contribution >= 0.6 is 0 Å². The number of nitrogens with zero attached hydrogens (tertiary/aromatic N) is 6. The average Bonchev–Trinajstić information content (AvgIpc) is 3.27. The molecule has 0 saturated heterocycles. The minimum atomic E-state index is -1.53. The Bertz CT molecular complexity index is 2390. The molecule has 0 aromatic heterocycles. The van der Waals surface area contributed by atoms with Crippen LogP contribution in [0.15, 0.2) is 68.5 Å². The number of carboxylic acids is 3. The third-order valence-electron chi connectivity index (χ3n) is 10.6. The van der Waals surface area contributed by atoms with Crippen LogP contribution in [-0.2, 0) is 33.6 Å². The molecule has 6 amide bonds. The highest BCUT2D eigenvalue weighted by molar-refractivity contribution is 6.21. The van der Waals surface area contributed by atoms with Crippen LogP contribution in [0, 0.1) is 0 Å². The van der Waals surface area contributed by atoms with Crippen LogP contribution in [-0.4, -0.2) is 165 Å². The zero-order valence-corrected chi connectivity index (χ0v) is 34.2. The Labute approximate surface area is 367 Å². The number of amidine groups is 2. The summed E-state index contributed by atoms with van der Waals surface area (Å²) in [5.41, 5.74) is 12.5. The predicted octanol–water partition coefficient (Wildman–Crippen LogP) is -3.30. The van der Waals surface area contributed by atoms with Gasteiger partial charge in [-0.05, 0) is 61.4 Å². The zero-order chi connectivity index (χ0) is 46.9. The molecule has 0 aliphatic carbocycles. The maximum Gasteiger partial charge on any atom is 0.326 e. The molecule has 0 spiro atoms. The molecule has 342 valence electrons. The number of nitrogens with one attached hydrogen (secondary N) is 6. The van der Waals surface area contributed by atoms with Crippen molar-refractivity contribution in [1.82, 2.24) is 31.1 Å². The average molecular weight is 901 g/mol. The van der Waals surface area contributed by atoms with Crippen molar-refractivity contribution in [2.75, 3.05) is 36.8 Å². The molecule has 4 aliphatic heterocycles. The van der Waals surface area contributed by atoms with Gasteiger partial charge in [0.05, 0.1) is 25.2 Å². The molecule has 4 heterocycles. The van der Waals surface area contributed by atoms with Gasteiger partial charge in [-0.25, -0.2) is 9.59 Å². The van der Waals surface area contributed by atoms with E-state index < -0.39 is 96.5 Å². The van der Waals surface area contributed by atoms with Gasteiger partial charge in [0.25, 0.3) is 23.6 Å². The van der Waals surface area contributed by atoms with Crippen LogP contribution in [0.2, 0.25) is 0 Å². The first-order valence-corrected chi connectivity index (χ1v) is 19.9. The lowest BCUT2D eigenvalue weighted by atomic mass is 10.0. The van der Waals surface area contributed by atoms with E-state index in [0.717, 1.165) is 0 Å². The van der Waals surface area contributed by atoms with E-state index >= 15 is 0 Å². The normalized spacial score (nSPS) is 20.9. The van der Waals surface area contributed by atoms with Gasteiger partial charge in [-0.15, -0.1) is 0 Å². The lowest BCUT2D eigenvalue weighted by molar-refractivity contribution is -0.142. The summed E-state index contributed by atoms with van der Waals surface area (Å²) in [7, 11) is 0. The second-order valence-corrected chi connectivity index (χ2v) is 15.0. The second kappa shape index (κ2) is 20.2. The number of rotatable bonds is 19. The molecule has 65 heavy (non-hydrogen) atoms. The number of anilines is 2. The summed E-state index contributed by atoms with van der Waals surface area (Å²) in [5.74, 6) is -7.70. The molecular formula is C39H44N14O12. The van der Waals surface area contributed by atoms with Crippen molar-refractivity contribution in [3.05, 3.63) is 59.7 Å². The molecule has 2 aromatic rings. The summed E-state index contributed by atoms with van der Waals surface area (Å²) < 4.78 is 0. The first-order valence-electron chi connectivity index (χ1n) is 19.9. The standard InChI is InChI=1S/C39H44N14O12/c40-38-48-30-28(34(60)50-38)52(17-54)22(14-44-30)13-42-20-5-1-18(2-6-20)32(58)46-24(36(62)63)9-11-26(55)53-23(16-45-31-29(53)35(61)51-39(41)49-31)15-43-21-7-3-19(4-8-21)33(59)47-25(37(64)65)10-12-27(56)57/h1-8,17,22-25,28-29,42-43H,9-16H2,(H,46,58)(H,47,59)(H,56,57)(H,62,63)(H,64,65)(H3,40,44,48,50,60)(H3,41,45,49,51,61)/t22?,23?,24-,25-,28?,29?/m0/s1. The van der Waals surface area contributed by atoms with E-state index in [1.807, 2.05) is 0 Å². The van der Waals surface area contributed by atoms with E-state index in [0.29, 0.717) is 17.8 Å². The molecule has 26 heteroatoms. The van der Waals surface area contributed by atoms with Crippen molar-refractivity contribution >= 4 is 88.8 Å². The summed E-state index contributed by atoms with van der Waals surface area (Å²) in [6.07, 6.45) is -1.07. The predicted molar refractivity (Wildman–Crippen MR) is 228 cm³/mol. The quantitative estimate of drug-likeness (QED) is 0.0615. The van der Waals surface area contributed by atoms with Crippen molar-refractivity contribution in [3.8, 4) is 0 Å². The molecule has 2 aromatic carbocycles.